The van der Waals surface area contributed by atoms with E-state index in [1.165, 1.54) is 0 Å². The standard InChI is InChI=1S/C24H30N2O4S/c1-24(2)14-13-18-17-19(11-12-22(18)30-24)31(28,29)25-21-10-6-5-9-20(21)23(27)26-15-7-3-4-8-16-26/h5-6,9-12,17,25H,3-4,7-8,13-16H2,1-2H3. The molecule has 6 nitrogen and oxygen atoms in total. The maximum atomic E-state index is 13.1. The fourth-order valence-corrected chi connectivity index (χ4v) is 5.34. The van der Waals surface area contributed by atoms with Gasteiger partial charge in [-0.25, -0.2) is 8.42 Å². The van der Waals surface area contributed by atoms with Gasteiger partial charge in [-0.15, -0.1) is 0 Å². The Morgan fingerprint density at radius 1 is 1.03 bits per heavy atom. The Bertz CT molecular complexity index is 1070. The van der Waals surface area contributed by atoms with Crippen molar-refractivity contribution in [3.05, 3.63) is 53.6 Å². The molecule has 0 aliphatic carbocycles. The highest BCUT2D eigenvalue weighted by molar-refractivity contribution is 7.92. The fraction of sp³-hybridized carbons (Fsp3) is 0.458. The lowest BCUT2D eigenvalue weighted by Gasteiger charge is -2.32. The van der Waals surface area contributed by atoms with E-state index in [-0.39, 0.29) is 16.4 Å². The number of anilines is 1. The van der Waals surface area contributed by atoms with Crippen molar-refractivity contribution in [3.8, 4) is 5.75 Å². The lowest BCUT2D eigenvalue weighted by Crippen LogP contribution is -2.33. The van der Waals surface area contributed by atoms with Crippen LogP contribution >= 0.6 is 0 Å². The van der Waals surface area contributed by atoms with Gasteiger partial charge >= 0.3 is 0 Å². The predicted octanol–water partition coefficient (Wildman–Crippen LogP) is 4.61. The maximum absolute atomic E-state index is 13.1. The van der Waals surface area contributed by atoms with Crippen molar-refractivity contribution in [2.75, 3.05) is 17.8 Å². The summed E-state index contributed by atoms with van der Waals surface area (Å²) in [7, 11) is -3.85. The molecule has 1 saturated heterocycles. The first-order valence-corrected chi connectivity index (χ1v) is 12.5. The van der Waals surface area contributed by atoms with E-state index < -0.39 is 10.0 Å². The Balaban J connectivity index is 1.59. The van der Waals surface area contributed by atoms with Crippen LogP contribution in [0.4, 0.5) is 5.69 Å². The number of carbonyl (C=O) groups excluding carboxylic acids is 1. The average molecular weight is 443 g/mol. The second-order valence-electron chi connectivity index (χ2n) is 8.99. The Kier molecular flexibility index (Phi) is 5.97. The average Bonchev–Trinajstić information content (AvgIpc) is 3.02. The highest BCUT2D eigenvalue weighted by Gasteiger charge is 2.28. The van der Waals surface area contributed by atoms with Gasteiger partial charge in [-0.3, -0.25) is 9.52 Å². The van der Waals surface area contributed by atoms with E-state index in [2.05, 4.69) is 4.72 Å². The molecule has 7 heteroatoms. The molecule has 0 saturated carbocycles. The Hall–Kier alpha value is -2.54. The SMILES string of the molecule is CC1(C)CCc2cc(S(=O)(=O)Nc3ccccc3C(=O)N3CCCCCC3)ccc2O1. The van der Waals surface area contributed by atoms with Gasteiger partial charge in [0.1, 0.15) is 11.4 Å². The molecule has 0 bridgehead atoms. The molecule has 2 aromatic carbocycles. The van der Waals surface area contributed by atoms with Gasteiger partial charge in [-0.2, -0.15) is 0 Å². The van der Waals surface area contributed by atoms with Crippen LogP contribution in [0.3, 0.4) is 0 Å². The number of nitrogens with zero attached hydrogens (tertiary/aromatic N) is 1. The van der Waals surface area contributed by atoms with Crippen molar-refractivity contribution in [1.29, 1.82) is 0 Å². The van der Waals surface area contributed by atoms with Gasteiger partial charge in [-0.1, -0.05) is 25.0 Å². The number of aryl methyl sites for hydroxylation is 1. The molecule has 0 unspecified atom stereocenters. The zero-order valence-electron chi connectivity index (χ0n) is 18.2. The third kappa shape index (κ3) is 4.87. The normalized spacial score (nSPS) is 18.5. The fourth-order valence-electron chi connectivity index (χ4n) is 4.21. The lowest BCUT2D eigenvalue weighted by atomic mass is 9.94. The summed E-state index contributed by atoms with van der Waals surface area (Å²) in [4.78, 5) is 15.1. The molecule has 1 fully saturated rings. The highest BCUT2D eigenvalue weighted by Crippen LogP contribution is 2.34. The third-order valence-corrected chi connectivity index (χ3v) is 7.38. The topological polar surface area (TPSA) is 75.7 Å². The molecule has 0 aromatic heterocycles. The van der Waals surface area contributed by atoms with Crippen LogP contribution in [0.5, 0.6) is 5.75 Å². The first kappa shape index (κ1) is 21.7. The zero-order chi connectivity index (χ0) is 22.1. The largest absolute Gasteiger partial charge is 0.488 e. The number of fused-ring (bicyclic) bond motifs is 1. The van der Waals surface area contributed by atoms with Crippen LogP contribution in [0.2, 0.25) is 0 Å². The number of sulfonamides is 1. The number of ether oxygens (including phenoxy) is 1. The van der Waals surface area contributed by atoms with Crippen LogP contribution in [0, 0.1) is 0 Å². The van der Waals surface area contributed by atoms with Crippen LogP contribution in [0.1, 0.15) is 61.9 Å². The van der Waals surface area contributed by atoms with Gasteiger partial charge in [0, 0.05) is 13.1 Å². The molecule has 31 heavy (non-hydrogen) atoms. The lowest BCUT2D eigenvalue weighted by molar-refractivity contribution is 0.0762. The van der Waals surface area contributed by atoms with Gasteiger partial charge in [0.25, 0.3) is 15.9 Å². The van der Waals surface area contributed by atoms with E-state index in [0.29, 0.717) is 24.3 Å². The number of carbonyl (C=O) groups is 1. The van der Waals surface area contributed by atoms with E-state index in [1.807, 2.05) is 18.7 Å². The van der Waals surface area contributed by atoms with Crippen LogP contribution in [-0.4, -0.2) is 37.9 Å². The molecule has 2 aliphatic rings. The quantitative estimate of drug-likeness (QED) is 0.750. The minimum atomic E-state index is -3.85. The first-order chi connectivity index (χ1) is 14.8. The second-order valence-corrected chi connectivity index (χ2v) is 10.7. The van der Waals surface area contributed by atoms with Crippen LogP contribution in [-0.2, 0) is 16.4 Å². The van der Waals surface area contributed by atoms with Gasteiger partial charge < -0.3 is 9.64 Å². The number of nitrogens with one attached hydrogen (secondary N) is 1. The van der Waals surface area contributed by atoms with E-state index >= 15 is 0 Å². The smallest absolute Gasteiger partial charge is 0.261 e. The third-order valence-electron chi connectivity index (χ3n) is 6.02. The monoisotopic (exact) mass is 442 g/mol. The number of hydrogen-bond donors (Lipinski definition) is 1. The van der Waals surface area contributed by atoms with Crippen LogP contribution in [0.15, 0.2) is 47.4 Å². The molecule has 1 N–H and O–H groups in total. The van der Waals surface area contributed by atoms with Crippen LogP contribution < -0.4 is 9.46 Å². The minimum Gasteiger partial charge on any atom is -0.488 e. The molecular formula is C24H30N2O4S. The molecule has 0 radical (unpaired) electrons. The van der Waals surface area contributed by atoms with Crippen molar-refractivity contribution in [2.24, 2.45) is 0 Å². The number of likely N-dealkylation sites (tertiary alicyclic amines) is 1. The highest BCUT2D eigenvalue weighted by atomic mass is 32.2. The Morgan fingerprint density at radius 2 is 1.74 bits per heavy atom. The van der Waals surface area contributed by atoms with E-state index in [0.717, 1.165) is 49.8 Å². The zero-order valence-corrected chi connectivity index (χ0v) is 19.0. The van der Waals surface area contributed by atoms with Crippen molar-refractivity contribution < 1.29 is 17.9 Å². The summed E-state index contributed by atoms with van der Waals surface area (Å²) in [6.07, 6.45) is 5.79. The van der Waals surface area contributed by atoms with E-state index in [9.17, 15) is 13.2 Å². The molecule has 2 aromatic rings. The summed E-state index contributed by atoms with van der Waals surface area (Å²) in [6, 6.07) is 11.8. The molecule has 2 heterocycles. The summed E-state index contributed by atoms with van der Waals surface area (Å²) in [5.74, 6) is 0.605. The van der Waals surface area contributed by atoms with E-state index in [1.54, 1.807) is 42.5 Å². The summed E-state index contributed by atoms with van der Waals surface area (Å²) >= 11 is 0. The molecule has 2 aliphatic heterocycles. The van der Waals surface area contributed by atoms with Crippen molar-refractivity contribution in [1.82, 2.24) is 4.90 Å². The van der Waals surface area contributed by atoms with Gasteiger partial charge in [-0.05, 0) is 75.4 Å². The van der Waals surface area contributed by atoms with Crippen molar-refractivity contribution in [3.63, 3.8) is 0 Å². The molecule has 4 rings (SSSR count). The minimum absolute atomic E-state index is 0.124. The van der Waals surface area contributed by atoms with Gasteiger partial charge in [0.05, 0.1) is 16.1 Å². The maximum Gasteiger partial charge on any atom is 0.261 e. The number of amides is 1. The predicted molar refractivity (Wildman–Crippen MR) is 121 cm³/mol. The molecule has 0 atom stereocenters. The van der Waals surface area contributed by atoms with Gasteiger partial charge in [0.15, 0.2) is 0 Å². The number of hydrogen-bond acceptors (Lipinski definition) is 4. The Morgan fingerprint density at radius 3 is 2.48 bits per heavy atom. The van der Waals surface area contributed by atoms with Crippen molar-refractivity contribution in [2.45, 2.75) is 62.9 Å². The molecule has 0 spiro atoms. The summed E-state index contributed by atoms with van der Waals surface area (Å²) in [6.45, 7) is 5.48. The molecular weight excluding hydrogens is 412 g/mol. The summed E-state index contributed by atoms with van der Waals surface area (Å²) in [5.41, 5.74) is 1.33. The molecule has 166 valence electrons. The van der Waals surface area contributed by atoms with Crippen molar-refractivity contribution >= 4 is 21.6 Å². The van der Waals surface area contributed by atoms with Gasteiger partial charge in [0.2, 0.25) is 0 Å². The van der Waals surface area contributed by atoms with Crippen LogP contribution in [0.25, 0.3) is 0 Å². The number of rotatable bonds is 4. The number of benzene rings is 2. The molecule has 1 amide bonds. The first-order valence-electron chi connectivity index (χ1n) is 11.0. The second kappa shape index (κ2) is 8.54. The number of para-hydroxylation sites is 1. The summed E-state index contributed by atoms with van der Waals surface area (Å²) < 4.78 is 34.9. The van der Waals surface area contributed by atoms with E-state index in [4.69, 9.17) is 4.74 Å². The summed E-state index contributed by atoms with van der Waals surface area (Å²) in [5, 5.41) is 0. The Labute approximate surface area is 184 Å².